The van der Waals surface area contributed by atoms with Gasteiger partial charge in [0.25, 0.3) is 0 Å². The zero-order valence-electron chi connectivity index (χ0n) is 12.8. The lowest BCUT2D eigenvalue weighted by atomic mass is 9.89. The second kappa shape index (κ2) is 5.43. The number of rotatable bonds is 5. The van der Waals surface area contributed by atoms with E-state index in [0.29, 0.717) is 25.6 Å². The van der Waals surface area contributed by atoms with Crippen LogP contribution in [0.1, 0.15) is 26.7 Å². The summed E-state index contributed by atoms with van der Waals surface area (Å²) in [6, 6.07) is 9.92. The molecule has 0 atom stereocenters. The molecule has 2 fully saturated rings. The van der Waals surface area contributed by atoms with Gasteiger partial charge in [0.2, 0.25) is 5.91 Å². The van der Waals surface area contributed by atoms with Gasteiger partial charge in [0, 0.05) is 24.8 Å². The van der Waals surface area contributed by atoms with Crippen molar-refractivity contribution in [3.8, 4) is 0 Å². The zero-order valence-corrected chi connectivity index (χ0v) is 12.8. The van der Waals surface area contributed by atoms with Crippen molar-refractivity contribution in [1.82, 2.24) is 4.90 Å². The molecule has 114 valence electrons. The van der Waals surface area contributed by atoms with Gasteiger partial charge in [-0.2, -0.15) is 0 Å². The van der Waals surface area contributed by atoms with Gasteiger partial charge in [0.15, 0.2) is 0 Å². The molecule has 1 aliphatic carbocycles. The highest BCUT2D eigenvalue weighted by atomic mass is 16.3. The van der Waals surface area contributed by atoms with E-state index >= 15 is 0 Å². The number of hydrogen-bond acceptors (Lipinski definition) is 3. The molecule has 1 heterocycles. The first-order valence-corrected chi connectivity index (χ1v) is 7.81. The van der Waals surface area contributed by atoms with Crippen molar-refractivity contribution in [2.45, 2.75) is 38.3 Å². The Balaban J connectivity index is 1.61. The second-order valence-corrected chi connectivity index (χ2v) is 6.72. The van der Waals surface area contributed by atoms with Crippen LogP contribution >= 0.6 is 0 Å². The van der Waals surface area contributed by atoms with Gasteiger partial charge >= 0.3 is 0 Å². The molecule has 1 aromatic rings. The van der Waals surface area contributed by atoms with E-state index in [2.05, 4.69) is 4.90 Å². The quantitative estimate of drug-likeness (QED) is 0.900. The molecule has 3 rings (SSSR count). The van der Waals surface area contributed by atoms with Crippen LogP contribution in [-0.2, 0) is 4.79 Å². The molecule has 0 unspecified atom stereocenters. The van der Waals surface area contributed by atoms with E-state index in [-0.39, 0.29) is 11.9 Å². The summed E-state index contributed by atoms with van der Waals surface area (Å²) in [5, 5.41) is 10.3. The Morgan fingerprint density at radius 1 is 1.33 bits per heavy atom. The largest absolute Gasteiger partial charge is 0.387 e. The highest BCUT2D eigenvalue weighted by molar-refractivity contribution is 5.95. The van der Waals surface area contributed by atoms with Crippen molar-refractivity contribution in [2.24, 2.45) is 5.92 Å². The average molecular weight is 288 g/mol. The number of anilines is 1. The van der Waals surface area contributed by atoms with Crippen LogP contribution in [0.2, 0.25) is 0 Å². The molecule has 0 spiro atoms. The lowest BCUT2D eigenvalue weighted by Gasteiger charge is -2.47. The van der Waals surface area contributed by atoms with Gasteiger partial charge in [0.1, 0.15) is 0 Å². The first-order chi connectivity index (χ1) is 9.99. The number of benzene rings is 1. The van der Waals surface area contributed by atoms with Crippen LogP contribution in [0.4, 0.5) is 5.69 Å². The van der Waals surface area contributed by atoms with Gasteiger partial charge in [-0.15, -0.1) is 0 Å². The molecule has 4 nitrogen and oxygen atoms in total. The van der Waals surface area contributed by atoms with E-state index in [9.17, 15) is 9.90 Å². The SMILES string of the molecule is CC(C)N(C(=O)CN1CC(O)(C2CC2)C1)c1ccccc1. The highest BCUT2D eigenvalue weighted by Crippen LogP contribution is 2.44. The first-order valence-electron chi connectivity index (χ1n) is 7.81. The van der Waals surface area contributed by atoms with Crippen molar-refractivity contribution >= 4 is 11.6 Å². The Morgan fingerprint density at radius 2 is 1.95 bits per heavy atom. The number of hydrogen-bond donors (Lipinski definition) is 1. The van der Waals surface area contributed by atoms with Gasteiger partial charge in [-0.1, -0.05) is 18.2 Å². The number of likely N-dealkylation sites (tertiary alicyclic amines) is 1. The lowest BCUT2D eigenvalue weighted by molar-refractivity contribution is -0.134. The van der Waals surface area contributed by atoms with Crippen LogP contribution in [0.5, 0.6) is 0 Å². The Hall–Kier alpha value is -1.39. The lowest BCUT2D eigenvalue weighted by Crippen LogP contribution is -2.64. The summed E-state index contributed by atoms with van der Waals surface area (Å²) in [5.41, 5.74) is 0.422. The summed E-state index contributed by atoms with van der Waals surface area (Å²) in [7, 11) is 0. The third-order valence-corrected chi connectivity index (χ3v) is 4.51. The normalized spacial score (nSPS) is 21.1. The molecule has 21 heavy (non-hydrogen) atoms. The smallest absolute Gasteiger partial charge is 0.241 e. The highest BCUT2D eigenvalue weighted by Gasteiger charge is 2.52. The minimum absolute atomic E-state index is 0.106. The van der Waals surface area contributed by atoms with E-state index in [1.54, 1.807) is 0 Å². The van der Waals surface area contributed by atoms with E-state index < -0.39 is 5.60 Å². The average Bonchev–Trinajstić information content (AvgIpc) is 3.22. The summed E-state index contributed by atoms with van der Waals surface area (Å²) in [6.45, 7) is 5.74. The zero-order chi connectivity index (χ0) is 15.0. The van der Waals surface area contributed by atoms with Crippen molar-refractivity contribution in [1.29, 1.82) is 0 Å². The fraction of sp³-hybridized carbons (Fsp3) is 0.588. The van der Waals surface area contributed by atoms with Gasteiger partial charge < -0.3 is 10.0 Å². The Bertz CT molecular complexity index is 505. The third-order valence-electron chi connectivity index (χ3n) is 4.51. The van der Waals surface area contributed by atoms with Crippen molar-refractivity contribution < 1.29 is 9.90 Å². The van der Waals surface area contributed by atoms with E-state index in [4.69, 9.17) is 0 Å². The molecule has 1 aromatic carbocycles. The number of β-amino-alcohol motifs (C(OH)–C–C–N with tert-alkyl or cyclic N) is 1. The Morgan fingerprint density at radius 3 is 2.48 bits per heavy atom. The van der Waals surface area contributed by atoms with E-state index in [0.717, 1.165) is 18.5 Å². The summed E-state index contributed by atoms with van der Waals surface area (Å²) >= 11 is 0. The molecule has 1 saturated heterocycles. The van der Waals surface area contributed by atoms with Crippen LogP contribution in [0.25, 0.3) is 0 Å². The Kier molecular flexibility index (Phi) is 3.76. The molecule has 0 aromatic heterocycles. The first kappa shape index (κ1) is 14.5. The van der Waals surface area contributed by atoms with Gasteiger partial charge in [-0.25, -0.2) is 0 Å². The van der Waals surface area contributed by atoms with E-state index in [1.165, 1.54) is 0 Å². The predicted molar refractivity (Wildman–Crippen MR) is 83.2 cm³/mol. The molecule has 0 radical (unpaired) electrons. The van der Waals surface area contributed by atoms with Crippen LogP contribution in [0.3, 0.4) is 0 Å². The van der Waals surface area contributed by atoms with Gasteiger partial charge in [-0.05, 0) is 44.7 Å². The summed E-state index contributed by atoms with van der Waals surface area (Å²) < 4.78 is 0. The molecule has 1 amide bonds. The minimum Gasteiger partial charge on any atom is -0.387 e. The van der Waals surface area contributed by atoms with E-state index in [1.807, 2.05) is 49.1 Å². The Labute approximate surface area is 126 Å². The molecular formula is C17H24N2O2. The standard InChI is InChI=1S/C17H24N2O2/c1-13(2)19(15-6-4-3-5-7-15)16(20)10-18-11-17(21,12-18)14-8-9-14/h3-7,13-14,21H,8-12H2,1-2H3. The topological polar surface area (TPSA) is 43.8 Å². The van der Waals surface area contributed by atoms with Crippen molar-refractivity contribution in [3.63, 3.8) is 0 Å². The maximum absolute atomic E-state index is 12.6. The second-order valence-electron chi connectivity index (χ2n) is 6.72. The van der Waals surface area contributed by atoms with Gasteiger partial charge in [-0.3, -0.25) is 9.69 Å². The number of carbonyl (C=O) groups is 1. The third kappa shape index (κ3) is 2.97. The van der Waals surface area contributed by atoms with Crippen LogP contribution < -0.4 is 4.90 Å². The summed E-state index contributed by atoms with van der Waals surface area (Å²) in [4.78, 5) is 16.5. The maximum atomic E-state index is 12.6. The molecular weight excluding hydrogens is 264 g/mol. The number of amides is 1. The molecule has 4 heteroatoms. The molecule has 2 aliphatic rings. The molecule has 1 aliphatic heterocycles. The molecule has 1 N–H and O–H groups in total. The monoisotopic (exact) mass is 288 g/mol. The fourth-order valence-electron chi connectivity index (χ4n) is 3.30. The minimum atomic E-state index is -0.518. The number of para-hydroxylation sites is 1. The number of carbonyl (C=O) groups excluding carboxylic acids is 1. The molecule has 0 bridgehead atoms. The predicted octanol–water partition coefficient (Wildman–Crippen LogP) is 1.88. The van der Waals surface area contributed by atoms with Crippen LogP contribution in [0.15, 0.2) is 30.3 Å². The van der Waals surface area contributed by atoms with Crippen molar-refractivity contribution in [3.05, 3.63) is 30.3 Å². The summed E-state index contributed by atoms with van der Waals surface area (Å²) in [6.07, 6.45) is 2.28. The number of nitrogens with zero attached hydrogens (tertiary/aromatic N) is 2. The maximum Gasteiger partial charge on any atom is 0.241 e. The van der Waals surface area contributed by atoms with Crippen molar-refractivity contribution in [2.75, 3.05) is 24.5 Å². The number of aliphatic hydroxyl groups is 1. The fourth-order valence-corrected chi connectivity index (χ4v) is 3.30. The van der Waals surface area contributed by atoms with Crippen LogP contribution in [0, 0.1) is 5.92 Å². The van der Waals surface area contributed by atoms with Gasteiger partial charge in [0.05, 0.1) is 12.1 Å². The van der Waals surface area contributed by atoms with Crippen LogP contribution in [-0.4, -0.2) is 47.2 Å². The molecule has 1 saturated carbocycles. The summed E-state index contributed by atoms with van der Waals surface area (Å²) in [5.74, 6) is 0.577.